The van der Waals surface area contributed by atoms with Crippen LogP contribution >= 0.6 is 11.8 Å². The van der Waals surface area contributed by atoms with Gasteiger partial charge in [0, 0.05) is 56.5 Å². The molecule has 0 radical (unpaired) electrons. The minimum absolute atomic E-state index is 0.0246. The van der Waals surface area contributed by atoms with Gasteiger partial charge in [-0.3, -0.25) is 4.79 Å². The Morgan fingerprint density at radius 3 is 2.24 bits per heavy atom. The van der Waals surface area contributed by atoms with E-state index < -0.39 is 6.04 Å². The summed E-state index contributed by atoms with van der Waals surface area (Å²) in [6.07, 6.45) is 0. The molecule has 0 spiro atoms. The van der Waals surface area contributed by atoms with Crippen LogP contribution in [0.1, 0.15) is 6.92 Å². The van der Waals surface area contributed by atoms with E-state index in [1.54, 1.807) is 11.8 Å². The zero-order valence-corrected chi connectivity index (χ0v) is 15.5. The van der Waals surface area contributed by atoms with Crippen LogP contribution in [0.15, 0.2) is 30.3 Å². The number of urea groups is 1. The van der Waals surface area contributed by atoms with Crippen molar-refractivity contribution < 1.29 is 9.59 Å². The fourth-order valence-corrected chi connectivity index (χ4v) is 4.11. The van der Waals surface area contributed by atoms with E-state index in [0.29, 0.717) is 13.1 Å². The highest BCUT2D eigenvalue weighted by Gasteiger charge is 2.27. The van der Waals surface area contributed by atoms with E-state index in [4.69, 9.17) is 0 Å². The molecule has 2 aliphatic rings. The van der Waals surface area contributed by atoms with Crippen molar-refractivity contribution in [1.82, 2.24) is 15.1 Å². The molecule has 7 heteroatoms. The van der Waals surface area contributed by atoms with Crippen molar-refractivity contribution in [3.8, 4) is 0 Å². The number of nitrogens with one attached hydrogen (secondary N) is 1. The molecule has 0 saturated carbocycles. The number of amides is 3. The summed E-state index contributed by atoms with van der Waals surface area (Å²) >= 11 is 1.87. The van der Waals surface area contributed by atoms with Crippen molar-refractivity contribution in [3.63, 3.8) is 0 Å². The topological polar surface area (TPSA) is 55.9 Å². The number of nitrogens with zero attached hydrogens (tertiary/aromatic N) is 3. The lowest BCUT2D eigenvalue weighted by atomic mass is 10.2. The van der Waals surface area contributed by atoms with E-state index in [0.717, 1.165) is 37.7 Å². The molecule has 6 nitrogen and oxygen atoms in total. The largest absolute Gasteiger partial charge is 0.368 e. The standard InChI is InChI=1S/C18H26N4O2S/c1-15(17(23)21-11-13-25-14-12-21)19-18(24)22-9-7-20(8-10-22)16-5-3-2-4-6-16/h2-6,15H,7-14H2,1H3,(H,19,24). The summed E-state index contributed by atoms with van der Waals surface area (Å²) in [5.74, 6) is 1.98. The van der Waals surface area contributed by atoms with Crippen LogP contribution in [0, 0.1) is 0 Å². The molecule has 3 rings (SSSR count). The molecule has 0 bridgehead atoms. The minimum atomic E-state index is -0.470. The van der Waals surface area contributed by atoms with Gasteiger partial charge in [-0.2, -0.15) is 11.8 Å². The summed E-state index contributed by atoms with van der Waals surface area (Å²) in [4.78, 5) is 30.8. The second-order valence-electron chi connectivity index (χ2n) is 6.42. The Labute approximate surface area is 153 Å². The Kier molecular flexibility index (Phi) is 6.07. The number of para-hydroxylation sites is 1. The predicted octanol–water partition coefficient (Wildman–Crippen LogP) is 1.48. The first-order valence-corrected chi connectivity index (χ1v) is 10.0. The maximum atomic E-state index is 12.5. The molecule has 2 fully saturated rings. The number of carbonyl (C=O) groups excluding carboxylic acids is 2. The van der Waals surface area contributed by atoms with Crippen LogP contribution in [0.3, 0.4) is 0 Å². The fraction of sp³-hybridized carbons (Fsp3) is 0.556. The zero-order valence-electron chi connectivity index (χ0n) is 14.7. The molecule has 136 valence electrons. The fourth-order valence-electron chi connectivity index (χ4n) is 3.20. The first-order chi connectivity index (χ1) is 12.1. The molecule has 0 aliphatic carbocycles. The Bertz CT molecular complexity index is 584. The summed E-state index contributed by atoms with van der Waals surface area (Å²) in [6, 6.07) is 9.64. The Balaban J connectivity index is 1.46. The number of benzene rings is 1. The molecule has 3 amide bonds. The van der Waals surface area contributed by atoms with E-state index in [1.165, 1.54) is 5.69 Å². The van der Waals surface area contributed by atoms with Crippen molar-refractivity contribution >= 4 is 29.4 Å². The highest BCUT2D eigenvalue weighted by Crippen LogP contribution is 2.15. The van der Waals surface area contributed by atoms with Crippen molar-refractivity contribution in [2.75, 3.05) is 55.7 Å². The van der Waals surface area contributed by atoms with Gasteiger partial charge in [-0.25, -0.2) is 4.79 Å². The molecule has 25 heavy (non-hydrogen) atoms. The van der Waals surface area contributed by atoms with Gasteiger partial charge in [-0.15, -0.1) is 0 Å². The first-order valence-electron chi connectivity index (χ1n) is 8.87. The molecular weight excluding hydrogens is 336 g/mol. The van der Waals surface area contributed by atoms with E-state index in [-0.39, 0.29) is 11.9 Å². The van der Waals surface area contributed by atoms with Gasteiger partial charge in [-0.05, 0) is 19.1 Å². The lowest BCUT2D eigenvalue weighted by molar-refractivity contribution is -0.132. The highest BCUT2D eigenvalue weighted by atomic mass is 32.2. The molecular formula is C18H26N4O2S. The monoisotopic (exact) mass is 362 g/mol. The molecule has 1 N–H and O–H groups in total. The minimum Gasteiger partial charge on any atom is -0.368 e. The van der Waals surface area contributed by atoms with Gasteiger partial charge < -0.3 is 20.0 Å². The number of hydrogen-bond donors (Lipinski definition) is 1. The van der Waals surface area contributed by atoms with Crippen molar-refractivity contribution in [2.45, 2.75) is 13.0 Å². The number of rotatable bonds is 3. The van der Waals surface area contributed by atoms with Gasteiger partial charge in [0.1, 0.15) is 6.04 Å². The lowest BCUT2D eigenvalue weighted by Gasteiger charge is -2.37. The second-order valence-corrected chi connectivity index (χ2v) is 7.64. The van der Waals surface area contributed by atoms with Gasteiger partial charge in [-0.1, -0.05) is 18.2 Å². The molecule has 1 atom stereocenters. The maximum Gasteiger partial charge on any atom is 0.318 e. The summed E-state index contributed by atoms with van der Waals surface area (Å²) in [6.45, 7) is 6.29. The third kappa shape index (κ3) is 4.60. The molecule has 1 aromatic rings. The number of carbonyl (C=O) groups is 2. The number of thioether (sulfide) groups is 1. The van der Waals surface area contributed by atoms with E-state index >= 15 is 0 Å². The predicted molar refractivity (Wildman–Crippen MR) is 102 cm³/mol. The lowest BCUT2D eigenvalue weighted by Crippen LogP contribution is -2.56. The Morgan fingerprint density at radius 2 is 1.60 bits per heavy atom. The maximum absolute atomic E-state index is 12.5. The SMILES string of the molecule is CC(NC(=O)N1CCN(c2ccccc2)CC1)C(=O)N1CCSCC1. The van der Waals surface area contributed by atoms with Crippen LogP contribution in [0.2, 0.25) is 0 Å². The zero-order chi connectivity index (χ0) is 17.6. The van der Waals surface area contributed by atoms with Crippen LogP contribution in [-0.4, -0.2) is 78.6 Å². The van der Waals surface area contributed by atoms with Gasteiger partial charge >= 0.3 is 6.03 Å². The third-order valence-corrected chi connectivity index (χ3v) is 5.66. The summed E-state index contributed by atoms with van der Waals surface area (Å²) < 4.78 is 0. The first kappa shape index (κ1) is 17.9. The Morgan fingerprint density at radius 1 is 0.960 bits per heavy atom. The number of hydrogen-bond acceptors (Lipinski definition) is 4. The molecule has 2 heterocycles. The quantitative estimate of drug-likeness (QED) is 0.885. The van der Waals surface area contributed by atoms with E-state index in [1.807, 2.05) is 34.9 Å². The average Bonchev–Trinajstić information content (AvgIpc) is 2.68. The molecule has 2 saturated heterocycles. The van der Waals surface area contributed by atoms with Gasteiger partial charge in [0.2, 0.25) is 5.91 Å². The van der Waals surface area contributed by atoms with Crippen LogP contribution in [0.5, 0.6) is 0 Å². The van der Waals surface area contributed by atoms with Crippen molar-refractivity contribution in [3.05, 3.63) is 30.3 Å². The molecule has 1 unspecified atom stereocenters. The Hall–Kier alpha value is -1.89. The second kappa shape index (κ2) is 8.47. The van der Waals surface area contributed by atoms with E-state index in [9.17, 15) is 9.59 Å². The van der Waals surface area contributed by atoms with Crippen LogP contribution in [0.25, 0.3) is 0 Å². The summed E-state index contributed by atoms with van der Waals surface area (Å²) in [7, 11) is 0. The van der Waals surface area contributed by atoms with Gasteiger partial charge in [0.15, 0.2) is 0 Å². The third-order valence-electron chi connectivity index (χ3n) is 4.72. The molecule has 0 aromatic heterocycles. The molecule has 2 aliphatic heterocycles. The number of anilines is 1. The van der Waals surface area contributed by atoms with Crippen LogP contribution < -0.4 is 10.2 Å². The van der Waals surface area contributed by atoms with E-state index in [2.05, 4.69) is 22.3 Å². The average molecular weight is 362 g/mol. The van der Waals surface area contributed by atoms with Crippen molar-refractivity contribution in [1.29, 1.82) is 0 Å². The number of piperazine rings is 1. The summed E-state index contributed by atoms with van der Waals surface area (Å²) in [5.41, 5.74) is 1.19. The van der Waals surface area contributed by atoms with Gasteiger partial charge in [0.25, 0.3) is 0 Å². The van der Waals surface area contributed by atoms with Gasteiger partial charge in [0.05, 0.1) is 0 Å². The van der Waals surface area contributed by atoms with Crippen LogP contribution in [0.4, 0.5) is 10.5 Å². The summed E-state index contributed by atoms with van der Waals surface area (Å²) in [5, 5.41) is 2.87. The van der Waals surface area contributed by atoms with Crippen LogP contribution in [-0.2, 0) is 4.79 Å². The highest BCUT2D eigenvalue weighted by molar-refractivity contribution is 7.99. The molecule has 1 aromatic carbocycles. The normalized spacial score (nSPS) is 19.5. The van der Waals surface area contributed by atoms with Crippen molar-refractivity contribution in [2.24, 2.45) is 0 Å². The smallest absolute Gasteiger partial charge is 0.318 e.